The highest BCUT2D eigenvalue weighted by molar-refractivity contribution is 7.92. The predicted octanol–water partition coefficient (Wildman–Crippen LogP) is 0.918. The van der Waals surface area contributed by atoms with Gasteiger partial charge in [0.05, 0.1) is 6.10 Å². The molecule has 20 heavy (non-hydrogen) atoms. The number of pyridine rings is 1. The van der Waals surface area contributed by atoms with Gasteiger partial charge in [-0.05, 0) is 26.8 Å². The maximum atomic E-state index is 11.7. The molecule has 1 aromatic heterocycles. The average Bonchev–Trinajstić information content (AvgIpc) is 2.34. The van der Waals surface area contributed by atoms with Crippen molar-refractivity contribution in [1.82, 2.24) is 10.3 Å². The molecule has 0 bridgehead atoms. The van der Waals surface area contributed by atoms with Gasteiger partial charge < -0.3 is 10.1 Å². The van der Waals surface area contributed by atoms with Gasteiger partial charge in [-0.15, -0.1) is 0 Å². The fourth-order valence-electron chi connectivity index (χ4n) is 1.41. The van der Waals surface area contributed by atoms with E-state index in [0.29, 0.717) is 11.4 Å². The number of ether oxygens (including phenoxy) is 1. The van der Waals surface area contributed by atoms with E-state index in [4.69, 9.17) is 4.74 Å². The molecule has 112 valence electrons. The number of aromatic nitrogens is 1. The summed E-state index contributed by atoms with van der Waals surface area (Å²) in [5, 5.41) is 1.51. The van der Waals surface area contributed by atoms with E-state index in [1.54, 1.807) is 18.3 Å². The minimum Gasteiger partial charge on any atom is -0.475 e. The number of carbonyl (C=O) groups excluding carboxylic acids is 1. The van der Waals surface area contributed by atoms with Crippen molar-refractivity contribution in [2.45, 2.75) is 38.7 Å². The Morgan fingerprint density at radius 1 is 1.40 bits per heavy atom. The first-order chi connectivity index (χ1) is 9.21. The summed E-state index contributed by atoms with van der Waals surface area (Å²) in [5.74, 6) is -0.0957. The lowest BCUT2D eigenvalue weighted by Crippen LogP contribution is -2.37. The van der Waals surface area contributed by atoms with Crippen molar-refractivity contribution in [1.29, 1.82) is 0 Å². The third-order valence-corrected chi connectivity index (χ3v) is 4.16. The highest BCUT2D eigenvalue weighted by Gasteiger charge is 2.23. The molecule has 1 atom stereocenters. The van der Waals surface area contributed by atoms with Crippen LogP contribution in [0.1, 0.15) is 26.3 Å². The summed E-state index contributed by atoms with van der Waals surface area (Å²) in [7, 11) is -3.39. The van der Waals surface area contributed by atoms with Gasteiger partial charge in [0.15, 0.2) is 9.84 Å². The number of hydrogen-bond acceptors (Lipinski definition) is 5. The highest BCUT2D eigenvalue weighted by atomic mass is 32.2. The number of amides is 1. The predicted molar refractivity (Wildman–Crippen MR) is 76.2 cm³/mol. The quantitative estimate of drug-likeness (QED) is 0.844. The van der Waals surface area contributed by atoms with Crippen LogP contribution >= 0.6 is 0 Å². The summed E-state index contributed by atoms with van der Waals surface area (Å²) < 4.78 is 28.1. The maximum absolute atomic E-state index is 11.7. The lowest BCUT2D eigenvalue weighted by atomic mass is 10.2. The Morgan fingerprint density at radius 3 is 2.60 bits per heavy atom. The number of nitrogens with zero attached hydrogens (tertiary/aromatic N) is 1. The molecule has 0 saturated heterocycles. The van der Waals surface area contributed by atoms with Crippen LogP contribution in [0.15, 0.2) is 18.3 Å². The van der Waals surface area contributed by atoms with Crippen molar-refractivity contribution < 1.29 is 17.9 Å². The van der Waals surface area contributed by atoms with Crippen LogP contribution in [-0.2, 0) is 21.2 Å². The van der Waals surface area contributed by atoms with Crippen LogP contribution in [0, 0.1) is 0 Å². The molecule has 0 radical (unpaired) electrons. The molecule has 1 N–H and O–H groups in total. The van der Waals surface area contributed by atoms with E-state index in [2.05, 4.69) is 10.3 Å². The van der Waals surface area contributed by atoms with Gasteiger partial charge >= 0.3 is 0 Å². The van der Waals surface area contributed by atoms with Crippen LogP contribution in [0.5, 0.6) is 5.88 Å². The topological polar surface area (TPSA) is 85.4 Å². The summed E-state index contributed by atoms with van der Waals surface area (Å²) in [6, 6.07) is 3.50. The van der Waals surface area contributed by atoms with Crippen LogP contribution < -0.4 is 10.1 Å². The Bertz CT molecular complexity index is 569. The minimum absolute atomic E-state index is 0.0331. The molecule has 0 spiro atoms. The van der Waals surface area contributed by atoms with Gasteiger partial charge in [0.1, 0.15) is 5.25 Å². The number of nitrogens with one attached hydrogen (secondary N) is 1. The van der Waals surface area contributed by atoms with E-state index in [-0.39, 0.29) is 12.6 Å². The van der Waals surface area contributed by atoms with E-state index in [1.165, 1.54) is 6.92 Å². The first-order valence-corrected chi connectivity index (χ1v) is 8.24. The molecular formula is C13H20N2O4S. The lowest BCUT2D eigenvalue weighted by Gasteiger charge is -2.14. The standard InChI is InChI=1S/C13H20N2O4S/c1-9(2)19-13-11(6-5-7-14-13)8-15-12(16)10(3)20(4,17)18/h5-7,9-10H,8H2,1-4H3,(H,15,16)/t10-/m0/s1. The highest BCUT2D eigenvalue weighted by Crippen LogP contribution is 2.15. The van der Waals surface area contributed by atoms with E-state index in [9.17, 15) is 13.2 Å². The Labute approximate surface area is 119 Å². The number of rotatable bonds is 6. The minimum atomic E-state index is -3.39. The van der Waals surface area contributed by atoms with Crippen molar-refractivity contribution >= 4 is 15.7 Å². The van der Waals surface area contributed by atoms with Crippen LogP contribution in [0.2, 0.25) is 0 Å². The third-order valence-electron chi connectivity index (χ3n) is 2.66. The Hall–Kier alpha value is -1.63. The number of sulfone groups is 1. The molecule has 6 nitrogen and oxygen atoms in total. The fourth-order valence-corrected chi connectivity index (χ4v) is 1.88. The van der Waals surface area contributed by atoms with Crippen LogP contribution in [0.25, 0.3) is 0 Å². The largest absolute Gasteiger partial charge is 0.475 e. The molecule has 0 aliphatic rings. The van der Waals surface area contributed by atoms with Crippen molar-refractivity contribution in [2.24, 2.45) is 0 Å². The molecule has 0 unspecified atom stereocenters. The number of hydrogen-bond donors (Lipinski definition) is 1. The molecule has 1 heterocycles. The molecule has 1 rings (SSSR count). The second-order valence-electron chi connectivity index (χ2n) is 4.82. The zero-order valence-electron chi connectivity index (χ0n) is 12.1. The SMILES string of the molecule is CC(C)Oc1ncccc1CNC(=O)[C@H](C)S(C)(=O)=O. The molecule has 0 aliphatic carbocycles. The van der Waals surface area contributed by atoms with E-state index in [1.807, 2.05) is 13.8 Å². The zero-order valence-corrected chi connectivity index (χ0v) is 12.9. The van der Waals surface area contributed by atoms with Crippen LogP contribution in [0.3, 0.4) is 0 Å². The third kappa shape index (κ3) is 4.80. The van der Waals surface area contributed by atoms with Crippen molar-refractivity contribution in [3.05, 3.63) is 23.9 Å². The molecule has 0 aliphatic heterocycles. The normalized spacial score (nSPS) is 13.1. The first-order valence-electron chi connectivity index (χ1n) is 6.29. The molecule has 0 fully saturated rings. The molecule has 0 aromatic carbocycles. The number of carbonyl (C=O) groups is 1. The second-order valence-corrected chi connectivity index (χ2v) is 7.19. The summed E-state index contributed by atoms with van der Waals surface area (Å²) in [4.78, 5) is 15.8. The van der Waals surface area contributed by atoms with Gasteiger partial charge in [0.25, 0.3) is 0 Å². The molecular weight excluding hydrogens is 280 g/mol. The van der Waals surface area contributed by atoms with Crippen molar-refractivity contribution in [2.75, 3.05) is 6.26 Å². The summed E-state index contributed by atoms with van der Waals surface area (Å²) in [6.07, 6.45) is 2.60. The van der Waals surface area contributed by atoms with Crippen LogP contribution in [0.4, 0.5) is 0 Å². The molecule has 7 heteroatoms. The zero-order chi connectivity index (χ0) is 15.3. The van der Waals surface area contributed by atoms with Crippen LogP contribution in [-0.4, -0.2) is 36.9 Å². The first kappa shape index (κ1) is 16.4. The van der Waals surface area contributed by atoms with Gasteiger partial charge in [-0.3, -0.25) is 4.79 Å². The van der Waals surface area contributed by atoms with Gasteiger partial charge in [0.2, 0.25) is 11.8 Å². The van der Waals surface area contributed by atoms with Crippen molar-refractivity contribution in [3.63, 3.8) is 0 Å². The lowest BCUT2D eigenvalue weighted by molar-refractivity contribution is -0.120. The average molecular weight is 300 g/mol. The molecule has 1 amide bonds. The maximum Gasteiger partial charge on any atom is 0.238 e. The van der Waals surface area contributed by atoms with Gasteiger partial charge in [-0.2, -0.15) is 0 Å². The van der Waals surface area contributed by atoms with E-state index >= 15 is 0 Å². The fraction of sp³-hybridized carbons (Fsp3) is 0.538. The van der Waals surface area contributed by atoms with Gasteiger partial charge in [0, 0.05) is 24.6 Å². The molecule has 1 aromatic rings. The van der Waals surface area contributed by atoms with Crippen molar-refractivity contribution in [3.8, 4) is 5.88 Å². The van der Waals surface area contributed by atoms with Gasteiger partial charge in [-0.25, -0.2) is 13.4 Å². The molecule has 0 saturated carbocycles. The van der Waals surface area contributed by atoms with E-state index < -0.39 is 21.0 Å². The van der Waals surface area contributed by atoms with Gasteiger partial charge in [-0.1, -0.05) is 6.07 Å². The second kappa shape index (κ2) is 6.69. The smallest absolute Gasteiger partial charge is 0.238 e. The Morgan fingerprint density at radius 2 is 2.05 bits per heavy atom. The Balaban J connectivity index is 2.73. The Kier molecular flexibility index (Phi) is 5.50. The summed E-state index contributed by atoms with van der Waals surface area (Å²) in [6.45, 7) is 5.29. The monoisotopic (exact) mass is 300 g/mol. The summed E-state index contributed by atoms with van der Waals surface area (Å²) >= 11 is 0. The summed E-state index contributed by atoms with van der Waals surface area (Å²) in [5.41, 5.74) is 0.704. The van der Waals surface area contributed by atoms with E-state index in [0.717, 1.165) is 6.26 Å².